The molecule has 1 aliphatic heterocycles. The van der Waals surface area contributed by atoms with Crippen molar-refractivity contribution in [3.63, 3.8) is 0 Å². The zero-order valence-electron chi connectivity index (χ0n) is 12.2. The first-order valence-corrected chi connectivity index (χ1v) is 9.08. The SMILES string of the molecule is CCCCN(C(=O)Oc1ccccc1)[C@@H]1CCS(=O)(=O)C1. The molecule has 0 N–H and O–H groups in total. The summed E-state index contributed by atoms with van der Waals surface area (Å²) in [5.41, 5.74) is 0. The van der Waals surface area contributed by atoms with E-state index in [4.69, 9.17) is 4.74 Å². The second-order valence-corrected chi connectivity index (χ2v) is 7.51. The number of unbranched alkanes of at least 4 members (excludes halogenated alkanes) is 1. The molecule has 5 nitrogen and oxygen atoms in total. The summed E-state index contributed by atoms with van der Waals surface area (Å²) < 4.78 is 28.6. The Hall–Kier alpha value is -1.56. The van der Waals surface area contributed by atoms with Crippen molar-refractivity contribution in [1.82, 2.24) is 4.90 Å². The fourth-order valence-electron chi connectivity index (χ4n) is 2.42. The zero-order valence-corrected chi connectivity index (χ0v) is 13.0. The van der Waals surface area contributed by atoms with Gasteiger partial charge in [-0.15, -0.1) is 0 Å². The van der Waals surface area contributed by atoms with Gasteiger partial charge in [0.15, 0.2) is 9.84 Å². The van der Waals surface area contributed by atoms with E-state index in [1.54, 1.807) is 29.2 Å². The number of ether oxygens (including phenoxy) is 1. The largest absolute Gasteiger partial charge is 0.415 e. The Kier molecular flexibility index (Phi) is 5.22. The van der Waals surface area contributed by atoms with Gasteiger partial charge in [0.2, 0.25) is 0 Å². The number of carbonyl (C=O) groups excluding carboxylic acids is 1. The van der Waals surface area contributed by atoms with Crippen LogP contribution in [0, 0.1) is 0 Å². The molecule has 21 heavy (non-hydrogen) atoms. The van der Waals surface area contributed by atoms with Crippen molar-refractivity contribution in [1.29, 1.82) is 0 Å². The standard InChI is InChI=1S/C15H21NO4S/c1-2-3-10-16(13-9-11-21(18,19)12-13)15(17)20-14-7-5-4-6-8-14/h4-8,13H,2-3,9-12H2,1H3/t13-/m1/s1. The maximum atomic E-state index is 12.3. The summed E-state index contributed by atoms with van der Waals surface area (Å²) in [5.74, 6) is 0.671. The summed E-state index contributed by atoms with van der Waals surface area (Å²) in [6.45, 7) is 2.56. The van der Waals surface area contributed by atoms with E-state index in [2.05, 4.69) is 0 Å². The molecule has 1 aromatic carbocycles. The Balaban J connectivity index is 2.06. The third-order valence-electron chi connectivity index (χ3n) is 3.58. The molecule has 1 heterocycles. The normalized spacial score (nSPS) is 20.1. The molecule has 2 rings (SSSR count). The van der Waals surface area contributed by atoms with Gasteiger partial charge in [-0.3, -0.25) is 0 Å². The fourth-order valence-corrected chi connectivity index (χ4v) is 4.15. The van der Waals surface area contributed by atoms with E-state index >= 15 is 0 Å². The molecule has 0 radical (unpaired) electrons. The molecule has 1 fully saturated rings. The lowest BCUT2D eigenvalue weighted by molar-refractivity contribution is 0.135. The highest BCUT2D eigenvalue weighted by atomic mass is 32.2. The third-order valence-corrected chi connectivity index (χ3v) is 5.33. The first-order valence-electron chi connectivity index (χ1n) is 7.26. The van der Waals surface area contributed by atoms with Crippen molar-refractivity contribution in [2.45, 2.75) is 32.2 Å². The summed E-state index contributed by atoms with van der Waals surface area (Å²) in [5, 5.41) is 0. The number of carbonyl (C=O) groups is 1. The summed E-state index contributed by atoms with van der Waals surface area (Å²) in [6.07, 6.45) is 1.81. The van der Waals surface area contributed by atoms with Crippen LogP contribution in [0.4, 0.5) is 4.79 Å². The molecular formula is C15H21NO4S. The average Bonchev–Trinajstić information content (AvgIpc) is 2.80. The van der Waals surface area contributed by atoms with Crippen LogP contribution >= 0.6 is 0 Å². The predicted octanol–water partition coefficient (Wildman–Crippen LogP) is 2.47. The number of para-hydroxylation sites is 1. The molecule has 1 aliphatic rings. The molecule has 1 atom stereocenters. The molecule has 6 heteroatoms. The lowest BCUT2D eigenvalue weighted by atomic mass is 10.2. The van der Waals surface area contributed by atoms with E-state index in [1.165, 1.54) is 0 Å². The maximum absolute atomic E-state index is 12.3. The predicted molar refractivity (Wildman–Crippen MR) is 81.1 cm³/mol. The quantitative estimate of drug-likeness (QED) is 0.838. The van der Waals surface area contributed by atoms with Crippen molar-refractivity contribution in [3.05, 3.63) is 30.3 Å². The topological polar surface area (TPSA) is 63.7 Å². The van der Waals surface area contributed by atoms with Crippen molar-refractivity contribution in [2.75, 3.05) is 18.1 Å². The number of hydrogen-bond donors (Lipinski definition) is 0. The first-order chi connectivity index (χ1) is 10.0. The third kappa shape index (κ3) is 4.46. The minimum atomic E-state index is -3.02. The van der Waals surface area contributed by atoms with Gasteiger partial charge in [-0.25, -0.2) is 13.2 Å². The molecule has 0 unspecified atom stereocenters. The second-order valence-electron chi connectivity index (χ2n) is 5.28. The van der Waals surface area contributed by atoms with Gasteiger partial charge in [0.05, 0.1) is 11.5 Å². The van der Waals surface area contributed by atoms with Gasteiger partial charge in [0.25, 0.3) is 0 Å². The van der Waals surface area contributed by atoms with Gasteiger partial charge in [0, 0.05) is 12.6 Å². The minimum Gasteiger partial charge on any atom is -0.410 e. The van der Waals surface area contributed by atoms with Crippen molar-refractivity contribution >= 4 is 15.9 Å². The molecule has 116 valence electrons. The number of amides is 1. The van der Waals surface area contributed by atoms with Gasteiger partial charge >= 0.3 is 6.09 Å². The Morgan fingerprint density at radius 3 is 2.62 bits per heavy atom. The number of nitrogens with zero attached hydrogens (tertiary/aromatic N) is 1. The van der Waals surface area contributed by atoms with E-state index in [-0.39, 0.29) is 17.5 Å². The number of hydrogen-bond acceptors (Lipinski definition) is 4. The van der Waals surface area contributed by atoms with Crippen LogP contribution in [0.5, 0.6) is 5.75 Å². The van der Waals surface area contributed by atoms with Crippen LogP contribution < -0.4 is 4.74 Å². The summed E-state index contributed by atoms with van der Waals surface area (Å²) >= 11 is 0. The number of rotatable bonds is 5. The van der Waals surface area contributed by atoms with E-state index in [0.717, 1.165) is 12.8 Å². The minimum absolute atomic E-state index is 0.0423. The monoisotopic (exact) mass is 311 g/mol. The van der Waals surface area contributed by atoms with Crippen LogP contribution in [-0.2, 0) is 9.84 Å². The van der Waals surface area contributed by atoms with Crippen LogP contribution in [0.25, 0.3) is 0 Å². The van der Waals surface area contributed by atoms with Crippen LogP contribution in [0.2, 0.25) is 0 Å². The molecule has 1 aromatic rings. The molecule has 0 aliphatic carbocycles. The molecule has 1 amide bonds. The van der Waals surface area contributed by atoms with Gasteiger partial charge in [-0.1, -0.05) is 31.5 Å². The van der Waals surface area contributed by atoms with Crippen molar-refractivity contribution in [3.8, 4) is 5.75 Å². The highest BCUT2D eigenvalue weighted by Gasteiger charge is 2.35. The molecule has 1 saturated heterocycles. The van der Waals surface area contributed by atoms with E-state index in [1.807, 2.05) is 13.0 Å². The Morgan fingerprint density at radius 2 is 2.05 bits per heavy atom. The molecule has 0 saturated carbocycles. The lowest BCUT2D eigenvalue weighted by Crippen LogP contribution is -2.43. The lowest BCUT2D eigenvalue weighted by Gasteiger charge is -2.27. The summed E-state index contributed by atoms with van der Waals surface area (Å²) in [6, 6.07) is 8.58. The zero-order chi connectivity index (χ0) is 15.3. The van der Waals surface area contributed by atoms with E-state index in [0.29, 0.717) is 18.7 Å². The summed E-state index contributed by atoms with van der Waals surface area (Å²) in [4.78, 5) is 13.9. The molecule has 0 aromatic heterocycles. The van der Waals surface area contributed by atoms with Crippen LogP contribution in [0.1, 0.15) is 26.2 Å². The Labute approximate surface area is 125 Å². The van der Waals surface area contributed by atoms with Gasteiger partial charge < -0.3 is 9.64 Å². The van der Waals surface area contributed by atoms with Gasteiger partial charge in [-0.05, 0) is 25.0 Å². The smallest absolute Gasteiger partial charge is 0.410 e. The molecule has 0 bridgehead atoms. The van der Waals surface area contributed by atoms with E-state index in [9.17, 15) is 13.2 Å². The fraction of sp³-hybridized carbons (Fsp3) is 0.533. The second kappa shape index (κ2) is 6.93. The van der Waals surface area contributed by atoms with Crippen LogP contribution in [-0.4, -0.2) is 43.5 Å². The number of benzene rings is 1. The van der Waals surface area contributed by atoms with Gasteiger partial charge in [-0.2, -0.15) is 0 Å². The Morgan fingerprint density at radius 1 is 1.33 bits per heavy atom. The van der Waals surface area contributed by atoms with Crippen molar-refractivity contribution in [2.24, 2.45) is 0 Å². The maximum Gasteiger partial charge on any atom is 0.415 e. The van der Waals surface area contributed by atoms with Crippen LogP contribution in [0.15, 0.2) is 30.3 Å². The number of sulfone groups is 1. The van der Waals surface area contributed by atoms with Crippen molar-refractivity contribution < 1.29 is 17.9 Å². The average molecular weight is 311 g/mol. The van der Waals surface area contributed by atoms with Crippen LogP contribution in [0.3, 0.4) is 0 Å². The Bertz CT molecular complexity index is 571. The summed E-state index contributed by atoms with van der Waals surface area (Å²) in [7, 11) is -3.02. The molecular weight excluding hydrogens is 290 g/mol. The highest BCUT2D eigenvalue weighted by Crippen LogP contribution is 2.20. The van der Waals surface area contributed by atoms with E-state index < -0.39 is 15.9 Å². The van der Waals surface area contributed by atoms with Gasteiger partial charge in [0.1, 0.15) is 5.75 Å². The highest BCUT2D eigenvalue weighted by molar-refractivity contribution is 7.91. The first kappa shape index (κ1) is 15.8. The molecule has 0 spiro atoms.